The molecule has 3 N–H and O–H groups in total. The molecule has 0 saturated carbocycles. The van der Waals surface area contributed by atoms with Crippen LogP contribution in [0.15, 0.2) is 12.1 Å². The van der Waals surface area contributed by atoms with Crippen LogP contribution in [0.5, 0.6) is 0 Å². The molecule has 1 unspecified atom stereocenters. The van der Waals surface area contributed by atoms with Gasteiger partial charge >= 0.3 is 6.09 Å². The molecule has 1 atom stereocenters. The molecule has 3 rings (SSSR count). The molecule has 2 fully saturated rings. The second-order valence-corrected chi connectivity index (χ2v) is 9.41. The first kappa shape index (κ1) is 21.6. The minimum Gasteiger partial charge on any atom is -0.444 e. The molecule has 2 aliphatic heterocycles. The molecule has 1 amide bonds. The summed E-state index contributed by atoms with van der Waals surface area (Å²) in [6.07, 6.45) is 2.37. The van der Waals surface area contributed by atoms with Crippen LogP contribution >= 0.6 is 0 Å². The van der Waals surface area contributed by atoms with E-state index in [1.54, 1.807) is 4.90 Å². The quantitative estimate of drug-likeness (QED) is 0.742. The molecule has 2 heterocycles. The van der Waals surface area contributed by atoms with Crippen LogP contribution in [0.4, 0.5) is 25.0 Å². The van der Waals surface area contributed by atoms with Gasteiger partial charge in [0, 0.05) is 49.9 Å². The number of nitrogen functional groups attached to an aromatic ring is 1. The summed E-state index contributed by atoms with van der Waals surface area (Å²) in [6, 6.07) is 2.27. The number of amides is 1. The van der Waals surface area contributed by atoms with Crippen molar-refractivity contribution in [3.63, 3.8) is 0 Å². The smallest absolute Gasteiger partial charge is 0.410 e. The van der Waals surface area contributed by atoms with E-state index in [9.17, 15) is 13.6 Å². The highest BCUT2D eigenvalue weighted by Gasteiger charge is 2.42. The number of nitrogens with two attached hydrogens (primary N) is 1. The fourth-order valence-electron chi connectivity index (χ4n) is 4.16. The van der Waals surface area contributed by atoms with E-state index in [4.69, 9.17) is 10.5 Å². The van der Waals surface area contributed by atoms with Crippen LogP contribution in [0, 0.1) is 11.6 Å². The number of ether oxygens (including phenoxy) is 1. The monoisotopic (exact) mass is 410 g/mol. The molecule has 0 aliphatic carbocycles. The highest BCUT2D eigenvalue weighted by atomic mass is 19.2. The number of carbonyl (C=O) groups is 1. The number of likely N-dealkylation sites (tertiary alicyclic amines) is 2. The van der Waals surface area contributed by atoms with Crippen molar-refractivity contribution in [3.8, 4) is 0 Å². The number of halogens is 2. The molecule has 162 valence electrons. The Hall–Kier alpha value is -2.09. The summed E-state index contributed by atoms with van der Waals surface area (Å²) in [4.78, 5) is 16.6. The fourth-order valence-corrected chi connectivity index (χ4v) is 4.16. The van der Waals surface area contributed by atoms with Crippen LogP contribution in [0.1, 0.15) is 47.0 Å². The first-order valence-electron chi connectivity index (χ1n) is 10.2. The Balaban J connectivity index is 1.54. The van der Waals surface area contributed by atoms with Gasteiger partial charge in [-0.3, -0.25) is 4.90 Å². The lowest BCUT2D eigenvalue weighted by Gasteiger charge is -2.43. The molecule has 0 spiro atoms. The van der Waals surface area contributed by atoms with Gasteiger partial charge in [-0.05, 0) is 47.0 Å². The molecule has 0 radical (unpaired) electrons. The molecule has 8 heteroatoms. The zero-order chi connectivity index (χ0) is 21.4. The van der Waals surface area contributed by atoms with Gasteiger partial charge in [-0.2, -0.15) is 0 Å². The SMILES string of the molecule is CC(C)(C)OC(=O)N1CCC(C)(N2CCC(Nc3cc(F)c(F)cc3N)CC2)C1. The van der Waals surface area contributed by atoms with Crippen molar-refractivity contribution in [1.82, 2.24) is 9.80 Å². The molecule has 2 aliphatic rings. The Bertz CT molecular complexity index is 760. The molecule has 1 aromatic carbocycles. The minimum atomic E-state index is -0.938. The van der Waals surface area contributed by atoms with Gasteiger partial charge in [0.15, 0.2) is 11.6 Å². The maximum atomic E-state index is 13.5. The Kier molecular flexibility index (Phi) is 5.94. The maximum Gasteiger partial charge on any atom is 0.410 e. The lowest BCUT2D eigenvalue weighted by atomic mass is 9.94. The first-order valence-corrected chi connectivity index (χ1v) is 10.2. The van der Waals surface area contributed by atoms with E-state index in [1.165, 1.54) is 0 Å². The average Bonchev–Trinajstić information content (AvgIpc) is 3.02. The van der Waals surface area contributed by atoms with Gasteiger partial charge in [0.1, 0.15) is 5.60 Å². The third-order valence-electron chi connectivity index (χ3n) is 5.81. The Morgan fingerprint density at radius 1 is 1.21 bits per heavy atom. The molecule has 1 aromatic rings. The highest BCUT2D eigenvalue weighted by Crippen LogP contribution is 2.32. The number of carbonyl (C=O) groups excluding carboxylic acids is 1. The van der Waals surface area contributed by atoms with E-state index >= 15 is 0 Å². The van der Waals surface area contributed by atoms with E-state index in [0.717, 1.165) is 44.5 Å². The Labute approximate surface area is 171 Å². The number of nitrogens with zero attached hydrogens (tertiary/aromatic N) is 2. The number of anilines is 2. The van der Waals surface area contributed by atoms with Gasteiger partial charge in [0.05, 0.1) is 11.4 Å². The lowest BCUT2D eigenvalue weighted by Crippen LogP contribution is -2.53. The molecule has 2 saturated heterocycles. The summed E-state index contributed by atoms with van der Waals surface area (Å²) < 4.78 is 32.3. The summed E-state index contributed by atoms with van der Waals surface area (Å²) >= 11 is 0. The van der Waals surface area contributed by atoms with Gasteiger partial charge in [0.25, 0.3) is 0 Å². The summed E-state index contributed by atoms with van der Waals surface area (Å²) in [5.41, 5.74) is 5.88. The Morgan fingerprint density at radius 3 is 2.45 bits per heavy atom. The first-order chi connectivity index (χ1) is 13.5. The van der Waals surface area contributed by atoms with E-state index in [-0.39, 0.29) is 23.4 Å². The second kappa shape index (κ2) is 7.97. The minimum absolute atomic E-state index is 0.0805. The number of hydrogen-bond acceptors (Lipinski definition) is 5. The van der Waals surface area contributed by atoms with Crippen molar-refractivity contribution in [2.75, 3.05) is 37.2 Å². The predicted molar refractivity (Wildman–Crippen MR) is 110 cm³/mol. The van der Waals surface area contributed by atoms with Crippen LogP contribution in [0.2, 0.25) is 0 Å². The second-order valence-electron chi connectivity index (χ2n) is 9.41. The van der Waals surface area contributed by atoms with Crippen LogP contribution in [0.25, 0.3) is 0 Å². The van der Waals surface area contributed by atoms with E-state index in [0.29, 0.717) is 18.8 Å². The number of nitrogens with one attached hydrogen (secondary N) is 1. The number of hydrogen-bond donors (Lipinski definition) is 2. The largest absolute Gasteiger partial charge is 0.444 e. The number of benzene rings is 1. The summed E-state index contributed by atoms with van der Waals surface area (Å²) in [7, 11) is 0. The van der Waals surface area contributed by atoms with Crippen LogP contribution in [-0.4, -0.2) is 59.3 Å². The third-order valence-corrected chi connectivity index (χ3v) is 5.81. The molecule has 29 heavy (non-hydrogen) atoms. The zero-order valence-electron chi connectivity index (χ0n) is 17.7. The standard InChI is InChI=1S/C21H32F2N4O2/c1-20(2,3)29-19(28)26-10-7-21(4,13-26)27-8-5-14(6-9-27)25-18-12-16(23)15(22)11-17(18)24/h11-12,14,25H,5-10,13,24H2,1-4H3. The fraction of sp³-hybridized carbons (Fsp3) is 0.667. The van der Waals surface area contributed by atoms with Crippen molar-refractivity contribution in [3.05, 3.63) is 23.8 Å². The van der Waals surface area contributed by atoms with Crippen molar-refractivity contribution in [2.24, 2.45) is 0 Å². The molecule has 0 bridgehead atoms. The summed E-state index contributed by atoms with van der Waals surface area (Å²) in [5, 5.41) is 3.25. The van der Waals surface area contributed by atoms with Gasteiger partial charge in [0.2, 0.25) is 0 Å². The zero-order valence-corrected chi connectivity index (χ0v) is 17.7. The van der Waals surface area contributed by atoms with Crippen molar-refractivity contribution in [2.45, 2.75) is 64.1 Å². The van der Waals surface area contributed by atoms with Crippen molar-refractivity contribution >= 4 is 17.5 Å². The van der Waals surface area contributed by atoms with Gasteiger partial charge in [-0.1, -0.05) is 0 Å². The third kappa shape index (κ3) is 5.10. The average molecular weight is 411 g/mol. The molecular formula is C21H32F2N4O2. The number of rotatable bonds is 3. The Morgan fingerprint density at radius 2 is 1.83 bits per heavy atom. The summed E-state index contributed by atoms with van der Waals surface area (Å²) in [6.45, 7) is 10.9. The predicted octanol–water partition coefficient (Wildman–Crippen LogP) is 3.82. The normalized spacial score (nSPS) is 24.0. The van der Waals surface area contributed by atoms with Crippen LogP contribution in [-0.2, 0) is 4.74 Å². The molecule has 6 nitrogen and oxygen atoms in total. The summed E-state index contributed by atoms with van der Waals surface area (Å²) in [5.74, 6) is -1.84. The maximum absolute atomic E-state index is 13.5. The lowest BCUT2D eigenvalue weighted by molar-refractivity contribution is 0.0232. The van der Waals surface area contributed by atoms with Crippen LogP contribution < -0.4 is 11.1 Å². The topological polar surface area (TPSA) is 70.8 Å². The molecular weight excluding hydrogens is 378 g/mol. The van der Waals surface area contributed by atoms with Crippen molar-refractivity contribution in [1.29, 1.82) is 0 Å². The molecule has 0 aromatic heterocycles. The van der Waals surface area contributed by atoms with Gasteiger partial charge < -0.3 is 20.7 Å². The highest BCUT2D eigenvalue weighted by molar-refractivity contribution is 5.69. The van der Waals surface area contributed by atoms with Gasteiger partial charge in [-0.15, -0.1) is 0 Å². The van der Waals surface area contributed by atoms with E-state index in [1.807, 2.05) is 20.8 Å². The number of piperidine rings is 1. The van der Waals surface area contributed by atoms with Crippen LogP contribution in [0.3, 0.4) is 0 Å². The van der Waals surface area contributed by atoms with E-state index < -0.39 is 17.2 Å². The van der Waals surface area contributed by atoms with Gasteiger partial charge in [-0.25, -0.2) is 13.6 Å². The van der Waals surface area contributed by atoms with E-state index in [2.05, 4.69) is 17.1 Å². The van der Waals surface area contributed by atoms with Crippen molar-refractivity contribution < 1.29 is 18.3 Å².